The number of aromatic nitrogens is 2. The molecule has 1 amide bonds. The maximum atomic E-state index is 11.4. The zero-order valence-electron chi connectivity index (χ0n) is 11.0. The van der Waals surface area contributed by atoms with Crippen LogP contribution in [0.1, 0.15) is 6.42 Å². The van der Waals surface area contributed by atoms with E-state index in [1.54, 1.807) is 0 Å². The molecule has 0 bridgehead atoms. The average Bonchev–Trinajstić information content (AvgIpc) is 2.38. The van der Waals surface area contributed by atoms with Crippen molar-refractivity contribution in [3.63, 3.8) is 0 Å². The number of nitrogens with one attached hydrogen (secondary N) is 2. The van der Waals surface area contributed by atoms with Crippen LogP contribution in [0.4, 0.5) is 17.3 Å². The quantitative estimate of drug-likeness (QED) is 0.330. The van der Waals surface area contributed by atoms with Crippen molar-refractivity contribution < 1.29 is 14.5 Å². The van der Waals surface area contributed by atoms with Crippen LogP contribution in [-0.2, 0) is 9.53 Å². The fourth-order valence-electron chi connectivity index (χ4n) is 1.38. The SMILES string of the molecule is COCCNC(=O)CCNc1ncnc(N)c1[N+](=O)[O-]. The van der Waals surface area contributed by atoms with Crippen molar-refractivity contribution >= 4 is 23.2 Å². The molecule has 10 nitrogen and oxygen atoms in total. The third kappa shape index (κ3) is 4.65. The first-order chi connectivity index (χ1) is 9.56. The van der Waals surface area contributed by atoms with Crippen molar-refractivity contribution in [3.8, 4) is 0 Å². The van der Waals surface area contributed by atoms with Crippen LogP contribution in [0.5, 0.6) is 0 Å². The predicted octanol–water partition coefficient (Wildman–Crippen LogP) is -0.468. The first-order valence-electron chi connectivity index (χ1n) is 5.80. The zero-order valence-corrected chi connectivity index (χ0v) is 11.0. The molecule has 0 unspecified atom stereocenters. The van der Waals surface area contributed by atoms with E-state index in [0.717, 1.165) is 6.33 Å². The number of nitrogens with zero attached hydrogens (tertiary/aromatic N) is 3. The Morgan fingerprint density at radius 1 is 1.50 bits per heavy atom. The first-order valence-corrected chi connectivity index (χ1v) is 5.80. The normalized spacial score (nSPS) is 10.1. The molecule has 20 heavy (non-hydrogen) atoms. The lowest BCUT2D eigenvalue weighted by Gasteiger charge is -2.07. The van der Waals surface area contributed by atoms with E-state index >= 15 is 0 Å². The van der Waals surface area contributed by atoms with Gasteiger partial charge in [-0.15, -0.1) is 0 Å². The van der Waals surface area contributed by atoms with E-state index in [1.807, 2.05) is 0 Å². The first kappa shape index (κ1) is 15.6. The van der Waals surface area contributed by atoms with E-state index < -0.39 is 10.6 Å². The van der Waals surface area contributed by atoms with E-state index in [4.69, 9.17) is 10.5 Å². The van der Waals surface area contributed by atoms with Gasteiger partial charge in [0.25, 0.3) is 0 Å². The number of carbonyl (C=O) groups is 1. The van der Waals surface area contributed by atoms with Gasteiger partial charge in [-0.3, -0.25) is 14.9 Å². The number of hydrogen-bond donors (Lipinski definition) is 3. The monoisotopic (exact) mass is 284 g/mol. The Morgan fingerprint density at radius 3 is 2.90 bits per heavy atom. The van der Waals surface area contributed by atoms with Crippen LogP contribution >= 0.6 is 0 Å². The van der Waals surface area contributed by atoms with Gasteiger partial charge < -0.3 is 21.1 Å². The fourth-order valence-corrected chi connectivity index (χ4v) is 1.38. The maximum absolute atomic E-state index is 11.4. The number of nitro groups is 1. The Labute approximate surface area is 114 Å². The summed E-state index contributed by atoms with van der Waals surface area (Å²) in [4.78, 5) is 28.8. The van der Waals surface area contributed by atoms with Crippen molar-refractivity contribution in [3.05, 3.63) is 16.4 Å². The largest absolute Gasteiger partial charge is 0.383 e. The summed E-state index contributed by atoms with van der Waals surface area (Å²) in [6, 6.07) is 0. The Bertz CT molecular complexity index is 481. The Hall–Kier alpha value is -2.49. The summed E-state index contributed by atoms with van der Waals surface area (Å²) in [6.07, 6.45) is 1.26. The molecule has 0 spiro atoms. The molecule has 0 fully saturated rings. The van der Waals surface area contributed by atoms with Gasteiger partial charge in [0.2, 0.25) is 17.5 Å². The minimum Gasteiger partial charge on any atom is -0.383 e. The van der Waals surface area contributed by atoms with Crippen molar-refractivity contribution in [1.82, 2.24) is 15.3 Å². The number of methoxy groups -OCH3 is 1. The molecule has 0 aromatic carbocycles. The molecule has 10 heteroatoms. The molecule has 0 aliphatic heterocycles. The summed E-state index contributed by atoms with van der Waals surface area (Å²) in [6.45, 7) is 1.03. The smallest absolute Gasteiger partial charge is 0.352 e. The van der Waals surface area contributed by atoms with Crippen LogP contribution in [0.2, 0.25) is 0 Å². The minimum atomic E-state index is -0.670. The molecule has 0 saturated carbocycles. The molecule has 1 aromatic rings. The van der Waals surface area contributed by atoms with E-state index in [2.05, 4.69) is 20.6 Å². The number of carbonyl (C=O) groups excluding carboxylic acids is 1. The second-order valence-corrected chi connectivity index (χ2v) is 3.73. The second-order valence-electron chi connectivity index (χ2n) is 3.73. The summed E-state index contributed by atoms with van der Waals surface area (Å²) in [5, 5.41) is 16.1. The summed E-state index contributed by atoms with van der Waals surface area (Å²) in [5.41, 5.74) is 5.01. The number of nitrogens with two attached hydrogens (primary N) is 1. The van der Waals surface area contributed by atoms with Gasteiger partial charge in [0.15, 0.2) is 0 Å². The Balaban J connectivity index is 2.48. The minimum absolute atomic E-state index is 0.00723. The highest BCUT2D eigenvalue weighted by molar-refractivity contribution is 5.76. The third-order valence-corrected chi connectivity index (χ3v) is 2.31. The molecule has 0 aliphatic carbocycles. The molecule has 0 atom stereocenters. The van der Waals surface area contributed by atoms with Crippen molar-refractivity contribution in [2.75, 3.05) is 37.9 Å². The van der Waals surface area contributed by atoms with Gasteiger partial charge in [0.1, 0.15) is 6.33 Å². The van der Waals surface area contributed by atoms with Crippen LogP contribution in [-0.4, -0.2) is 47.6 Å². The highest BCUT2D eigenvalue weighted by atomic mass is 16.6. The van der Waals surface area contributed by atoms with Gasteiger partial charge in [-0.1, -0.05) is 0 Å². The van der Waals surface area contributed by atoms with Crippen molar-refractivity contribution in [1.29, 1.82) is 0 Å². The number of nitrogen functional groups attached to an aromatic ring is 1. The van der Waals surface area contributed by atoms with E-state index in [1.165, 1.54) is 7.11 Å². The predicted molar refractivity (Wildman–Crippen MR) is 71.1 cm³/mol. The number of rotatable bonds is 8. The van der Waals surface area contributed by atoms with Crippen LogP contribution in [0.15, 0.2) is 6.33 Å². The lowest BCUT2D eigenvalue weighted by Crippen LogP contribution is -2.28. The zero-order chi connectivity index (χ0) is 15.0. The third-order valence-electron chi connectivity index (χ3n) is 2.31. The Kier molecular flexibility index (Phi) is 6.10. The molecule has 0 aliphatic rings. The molecule has 1 aromatic heterocycles. The Morgan fingerprint density at radius 2 is 2.25 bits per heavy atom. The highest BCUT2D eigenvalue weighted by Gasteiger charge is 2.20. The summed E-state index contributed by atoms with van der Waals surface area (Å²) in [5.74, 6) is -0.427. The molecule has 1 heterocycles. The molecule has 4 N–H and O–H groups in total. The van der Waals surface area contributed by atoms with Gasteiger partial charge >= 0.3 is 5.69 Å². The van der Waals surface area contributed by atoms with Crippen molar-refractivity contribution in [2.24, 2.45) is 0 Å². The number of anilines is 2. The molecular weight excluding hydrogens is 268 g/mol. The van der Waals surface area contributed by atoms with Gasteiger partial charge in [0.05, 0.1) is 11.5 Å². The van der Waals surface area contributed by atoms with Crippen LogP contribution in [0.3, 0.4) is 0 Å². The second kappa shape index (κ2) is 7.84. The highest BCUT2D eigenvalue weighted by Crippen LogP contribution is 2.25. The van der Waals surface area contributed by atoms with E-state index in [-0.39, 0.29) is 30.5 Å². The standard InChI is InChI=1S/C10H16N6O4/c1-20-5-4-12-7(17)2-3-13-10-8(16(18)19)9(11)14-6-15-10/h6H,2-5H2,1H3,(H,12,17)(H3,11,13,14,15). The summed E-state index contributed by atoms with van der Waals surface area (Å²) < 4.78 is 4.79. The number of ether oxygens (including phenoxy) is 1. The number of amides is 1. The van der Waals surface area contributed by atoms with Gasteiger partial charge in [-0.05, 0) is 0 Å². The van der Waals surface area contributed by atoms with Crippen LogP contribution in [0, 0.1) is 10.1 Å². The summed E-state index contributed by atoms with van der Waals surface area (Å²) in [7, 11) is 1.53. The van der Waals surface area contributed by atoms with Crippen molar-refractivity contribution in [2.45, 2.75) is 6.42 Å². The fraction of sp³-hybridized carbons (Fsp3) is 0.500. The average molecular weight is 284 g/mol. The topological polar surface area (TPSA) is 145 Å². The summed E-state index contributed by atoms with van der Waals surface area (Å²) >= 11 is 0. The number of hydrogen-bond acceptors (Lipinski definition) is 8. The van der Waals surface area contributed by atoms with Gasteiger partial charge in [-0.25, -0.2) is 9.97 Å². The lowest BCUT2D eigenvalue weighted by atomic mass is 10.3. The molecule has 0 saturated heterocycles. The maximum Gasteiger partial charge on any atom is 0.352 e. The molecule has 110 valence electrons. The lowest BCUT2D eigenvalue weighted by molar-refractivity contribution is -0.383. The van der Waals surface area contributed by atoms with E-state index in [9.17, 15) is 14.9 Å². The molecule has 1 rings (SSSR count). The van der Waals surface area contributed by atoms with Gasteiger partial charge in [0, 0.05) is 26.6 Å². The van der Waals surface area contributed by atoms with Crippen LogP contribution < -0.4 is 16.4 Å². The van der Waals surface area contributed by atoms with E-state index in [0.29, 0.717) is 13.2 Å². The van der Waals surface area contributed by atoms with Gasteiger partial charge in [-0.2, -0.15) is 0 Å². The molecule has 0 radical (unpaired) electrons. The van der Waals surface area contributed by atoms with Crippen LogP contribution in [0.25, 0.3) is 0 Å². The molecular formula is C10H16N6O4.